The molecule has 2 aliphatic carbocycles. The van der Waals surface area contributed by atoms with Crippen LogP contribution in [0.15, 0.2) is 28.0 Å². The van der Waals surface area contributed by atoms with Gasteiger partial charge in [0.25, 0.3) is 0 Å². The van der Waals surface area contributed by atoms with Gasteiger partial charge in [-0.15, -0.1) is 11.8 Å². The molecule has 132 valence electrons. The topological polar surface area (TPSA) is 62.3 Å². The predicted molar refractivity (Wildman–Crippen MR) is 100 cm³/mol. The van der Waals surface area contributed by atoms with Crippen LogP contribution in [0.1, 0.15) is 42.5 Å². The SMILES string of the molecule is CCOc1cc([C@@H]2c3sc(=O)[nH]c3S[C@H]3[C@H]4CC[C@@H](C4)[C@H]23)ccc1O. The average molecular weight is 376 g/mol. The fourth-order valence-corrected chi connectivity index (χ4v) is 8.11. The van der Waals surface area contributed by atoms with E-state index in [1.54, 1.807) is 6.07 Å². The first-order chi connectivity index (χ1) is 12.2. The summed E-state index contributed by atoms with van der Waals surface area (Å²) in [5.74, 6) is 3.08. The second-order valence-electron chi connectivity index (χ2n) is 7.34. The molecule has 2 aromatic rings. The van der Waals surface area contributed by atoms with Gasteiger partial charge in [0, 0.05) is 16.0 Å². The van der Waals surface area contributed by atoms with E-state index in [2.05, 4.69) is 4.98 Å². The number of H-pyrrole nitrogens is 1. The number of phenols is 1. The Bertz CT molecular complexity index is 874. The zero-order valence-electron chi connectivity index (χ0n) is 14.0. The smallest absolute Gasteiger partial charge is 0.305 e. The van der Waals surface area contributed by atoms with Crippen LogP contribution in [0.2, 0.25) is 0 Å². The van der Waals surface area contributed by atoms with Gasteiger partial charge in [-0.25, -0.2) is 0 Å². The lowest BCUT2D eigenvalue weighted by Crippen LogP contribution is -2.33. The minimum atomic E-state index is 0.0404. The van der Waals surface area contributed by atoms with E-state index in [0.29, 0.717) is 23.5 Å². The summed E-state index contributed by atoms with van der Waals surface area (Å²) in [6.45, 7) is 2.45. The molecule has 5 atom stereocenters. The van der Waals surface area contributed by atoms with Crippen LogP contribution in [0.3, 0.4) is 0 Å². The molecule has 0 amide bonds. The molecule has 2 fully saturated rings. The number of aromatic amines is 1. The molecule has 25 heavy (non-hydrogen) atoms. The molecule has 6 heteroatoms. The van der Waals surface area contributed by atoms with Crippen molar-refractivity contribution in [1.29, 1.82) is 0 Å². The third kappa shape index (κ3) is 2.37. The maximum Gasteiger partial charge on any atom is 0.305 e. The average Bonchev–Trinajstić information content (AvgIpc) is 3.28. The number of benzene rings is 1. The van der Waals surface area contributed by atoms with Gasteiger partial charge in [0.15, 0.2) is 11.5 Å². The summed E-state index contributed by atoms with van der Waals surface area (Å²) in [5.41, 5.74) is 1.17. The number of thiazole rings is 1. The van der Waals surface area contributed by atoms with Gasteiger partial charge in [0.2, 0.25) is 0 Å². The molecule has 2 saturated carbocycles. The number of aromatic hydroxyl groups is 1. The molecule has 0 radical (unpaired) electrons. The van der Waals surface area contributed by atoms with Gasteiger partial charge in [0.1, 0.15) is 0 Å². The first kappa shape index (κ1) is 15.8. The summed E-state index contributed by atoms with van der Waals surface area (Å²) in [7, 11) is 0. The highest BCUT2D eigenvalue weighted by atomic mass is 32.2. The zero-order valence-corrected chi connectivity index (χ0v) is 15.7. The number of rotatable bonds is 3. The van der Waals surface area contributed by atoms with E-state index in [9.17, 15) is 9.90 Å². The lowest BCUT2D eigenvalue weighted by molar-refractivity contribution is 0.302. The fourth-order valence-electron chi connectivity index (χ4n) is 5.22. The van der Waals surface area contributed by atoms with Crippen molar-refractivity contribution in [3.05, 3.63) is 38.3 Å². The van der Waals surface area contributed by atoms with Gasteiger partial charge in [-0.3, -0.25) is 4.79 Å². The number of aromatic nitrogens is 1. The third-order valence-corrected chi connectivity index (χ3v) is 8.73. The van der Waals surface area contributed by atoms with Crippen LogP contribution in [-0.4, -0.2) is 21.9 Å². The predicted octanol–water partition coefficient (Wildman–Crippen LogP) is 4.19. The van der Waals surface area contributed by atoms with Crippen molar-refractivity contribution in [2.24, 2.45) is 17.8 Å². The molecular formula is C19H21NO3S2. The number of hydrogen-bond donors (Lipinski definition) is 2. The van der Waals surface area contributed by atoms with Crippen molar-refractivity contribution >= 4 is 23.1 Å². The molecule has 1 aliphatic heterocycles. The number of thioether (sulfide) groups is 1. The second-order valence-corrected chi connectivity index (χ2v) is 9.54. The summed E-state index contributed by atoms with van der Waals surface area (Å²) in [5, 5.41) is 11.7. The van der Waals surface area contributed by atoms with Crippen LogP contribution in [0.25, 0.3) is 0 Å². The van der Waals surface area contributed by atoms with Crippen molar-refractivity contribution in [2.75, 3.05) is 6.61 Å². The maximum absolute atomic E-state index is 12.0. The Morgan fingerprint density at radius 3 is 3.00 bits per heavy atom. The van der Waals surface area contributed by atoms with E-state index in [1.807, 2.05) is 30.8 Å². The summed E-state index contributed by atoms with van der Waals surface area (Å²) in [4.78, 5) is 16.3. The van der Waals surface area contributed by atoms with Crippen molar-refractivity contribution in [2.45, 2.75) is 42.4 Å². The summed E-state index contributed by atoms with van der Waals surface area (Å²) < 4.78 is 5.61. The quantitative estimate of drug-likeness (QED) is 0.844. The highest BCUT2D eigenvalue weighted by Crippen LogP contribution is 2.63. The van der Waals surface area contributed by atoms with Gasteiger partial charge in [-0.05, 0) is 61.6 Å². The van der Waals surface area contributed by atoms with Crippen LogP contribution in [0.4, 0.5) is 0 Å². The number of fused-ring (bicyclic) bond motifs is 6. The maximum atomic E-state index is 12.0. The molecule has 2 N–H and O–H groups in total. The fraction of sp³-hybridized carbons (Fsp3) is 0.526. The molecule has 2 heterocycles. The monoisotopic (exact) mass is 375 g/mol. The standard InChI is InChI=1S/C19H21NO3S2/c1-2-23-13-8-10(5-6-12(13)21)15-14-9-3-4-11(7-9)16(14)24-18-17(15)25-19(22)20-18/h5-6,8-9,11,14-16,21H,2-4,7H2,1H3,(H,20,22)/t9-,11-,14+,15-,16-/m0/s1. The van der Waals surface area contributed by atoms with E-state index in [0.717, 1.165) is 16.9 Å². The Hall–Kier alpha value is -1.40. The minimum absolute atomic E-state index is 0.0404. The Kier molecular flexibility index (Phi) is 3.68. The summed E-state index contributed by atoms with van der Waals surface area (Å²) in [6.07, 6.45) is 3.97. The molecule has 0 unspecified atom stereocenters. The molecule has 0 saturated heterocycles. The second kappa shape index (κ2) is 5.81. The van der Waals surface area contributed by atoms with Gasteiger partial charge in [0.05, 0.1) is 11.6 Å². The van der Waals surface area contributed by atoms with Crippen molar-refractivity contribution in [3.63, 3.8) is 0 Å². The largest absolute Gasteiger partial charge is 0.504 e. The number of hydrogen-bond acceptors (Lipinski definition) is 5. The van der Waals surface area contributed by atoms with Gasteiger partial charge >= 0.3 is 4.87 Å². The third-order valence-electron chi connectivity index (χ3n) is 6.11. The zero-order chi connectivity index (χ0) is 17.1. The lowest BCUT2D eigenvalue weighted by Gasteiger charge is -2.40. The Balaban J connectivity index is 1.65. The van der Waals surface area contributed by atoms with Crippen LogP contribution >= 0.6 is 23.1 Å². The van der Waals surface area contributed by atoms with E-state index < -0.39 is 0 Å². The molecule has 4 nitrogen and oxygen atoms in total. The van der Waals surface area contributed by atoms with Crippen LogP contribution < -0.4 is 9.61 Å². The Morgan fingerprint density at radius 2 is 2.16 bits per heavy atom. The number of ether oxygens (including phenoxy) is 1. The molecular weight excluding hydrogens is 354 g/mol. The molecule has 1 aromatic carbocycles. The van der Waals surface area contributed by atoms with Crippen LogP contribution in [-0.2, 0) is 0 Å². The van der Waals surface area contributed by atoms with Gasteiger partial charge in [-0.1, -0.05) is 17.4 Å². The Labute approximate surface area is 154 Å². The van der Waals surface area contributed by atoms with Gasteiger partial charge < -0.3 is 14.8 Å². The summed E-state index contributed by atoms with van der Waals surface area (Å²) >= 11 is 3.26. The number of phenolic OH excluding ortho intramolecular Hbond substituents is 1. The molecule has 2 bridgehead atoms. The van der Waals surface area contributed by atoms with Crippen LogP contribution in [0, 0.1) is 17.8 Å². The minimum Gasteiger partial charge on any atom is -0.504 e. The highest BCUT2D eigenvalue weighted by molar-refractivity contribution is 8.00. The van der Waals surface area contributed by atoms with Crippen LogP contribution in [0.5, 0.6) is 11.5 Å². The van der Waals surface area contributed by atoms with Crippen molar-refractivity contribution in [3.8, 4) is 11.5 Å². The first-order valence-electron chi connectivity index (χ1n) is 9.01. The van der Waals surface area contributed by atoms with E-state index in [4.69, 9.17) is 4.74 Å². The Morgan fingerprint density at radius 1 is 1.32 bits per heavy atom. The van der Waals surface area contributed by atoms with E-state index >= 15 is 0 Å². The van der Waals surface area contributed by atoms with E-state index in [-0.39, 0.29) is 16.5 Å². The number of nitrogens with one attached hydrogen (secondary N) is 1. The highest BCUT2D eigenvalue weighted by Gasteiger charge is 2.54. The van der Waals surface area contributed by atoms with Crippen molar-refractivity contribution < 1.29 is 9.84 Å². The molecule has 1 aromatic heterocycles. The normalized spacial score (nSPS) is 32.4. The molecule has 3 aliphatic rings. The van der Waals surface area contributed by atoms with E-state index in [1.165, 1.54) is 41.0 Å². The molecule has 0 spiro atoms. The summed E-state index contributed by atoms with van der Waals surface area (Å²) in [6, 6.07) is 5.73. The first-order valence-corrected chi connectivity index (χ1v) is 10.7. The molecule has 5 rings (SSSR count). The lowest BCUT2D eigenvalue weighted by atomic mass is 9.75. The van der Waals surface area contributed by atoms with Gasteiger partial charge in [-0.2, -0.15) is 0 Å². The van der Waals surface area contributed by atoms with Crippen molar-refractivity contribution in [1.82, 2.24) is 4.98 Å².